The second kappa shape index (κ2) is 6.35. The number of aliphatic hydroxyl groups excluding tert-OH is 1. The zero-order chi connectivity index (χ0) is 10.4. The van der Waals surface area contributed by atoms with E-state index in [-0.39, 0.29) is 6.10 Å². The SMILES string of the molecule is COCC(CN1CCC(CO)C1)OC. The molecule has 4 heteroatoms. The normalized spacial score (nSPS) is 25.5. The molecule has 4 nitrogen and oxygen atoms in total. The fourth-order valence-electron chi connectivity index (χ4n) is 1.90. The summed E-state index contributed by atoms with van der Waals surface area (Å²) in [5.74, 6) is 0.454. The first-order valence-electron chi connectivity index (χ1n) is 5.15. The third-order valence-corrected chi connectivity index (χ3v) is 2.78. The van der Waals surface area contributed by atoms with E-state index in [0.29, 0.717) is 19.1 Å². The molecule has 0 bridgehead atoms. The van der Waals surface area contributed by atoms with Gasteiger partial charge in [-0.1, -0.05) is 0 Å². The number of hydrogen-bond donors (Lipinski definition) is 1. The van der Waals surface area contributed by atoms with Crippen LogP contribution >= 0.6 is 0 Å². The van der Waals surface area contributed by atoms with Crippen molar-refractivity contribution in [3.63, 3.8) is 0 Å². The van der Waals surface area contributed by atoms with Gasteiger partial charge in [0.15, 0.2) is 0 Å². The molecule has 84 valence electrons. The fourth-order valence-corrected chi connectivity index (χ4v) is 1.90. The van der Waals surface area contributed by atoms with Crippen LogP contribution in [0.1, 0.15) is 6.42 Å². The van der Waals surface area contributed by atoms with Gasteiger partial charge >= 0.3 is 0 Å². The number of likely N-dealkylation sites (tertiary alicyclic amines) is 1. The van der Waals surface area contributed by atoms with Gasteiger partial charge in [0.05, 0.1) is 12.7 Å². The van der Waals surface area contributed by atoms with Crippen molar-refractivity contribution in [3.8, 4) is 0 Å². The van der Waals surface area contributed by atoms with Crippen LogP contribution in [0.4, 0.5) is 0 Å². The minimum Gasteiger partial charge on any atom is -0.396 e. The van der Waals surface area contributed by atoms with Crippen LogP contribution in [0.5, 0.6) is 0 Å². The first-order chi connectivity index (χ1) is 6.80. The van der Waals surface area contributed by atoms with Crippen molar-refractivity contribution in [2.24, 2.45) is 5.92 Å². The van der Waals surface area contributed by atoms with Gasteiger partial charge in [-0.15, -0.1) is 0 Å². The van der Waals surface area contributed by atoms with Crippen molar-refractivity contribution in [2.45, 2.75) is 12.5 Å². The Hall–Kier alpha value is -0.160. The number of nitrogens with zero attached hydrogens (tertiary/aromatic N) is 1. The molecule has 0 spiro atoms. The Kier molecular flexibility index (Phi) is 5.40. The van der Waals surface area contributed by atoms with E-state index in [9.17, 15) is 0 Å². The molecule has 1 saturated heterocycles. The Morgan fingerprint density at radius 3 is 2.79 bits per heavy atom. The van der Waals surface area contributed by atoms with Crippen molar-refractivity contribution in [2.75, 3.05) is 47.1 Å². The second-order valence-corrected chi connectivity index (χ2v) is 3.91. The molecule has 0 aromatic carbocycles. The summed E-state index contributed by atoms with van der Waals surface area (Å²) in [5, 5.41) is 9.00. The quantitative estimate of drug-likeness (QED) is 0.658. The van der Waals surface area contributed by atoms with Gasteiger partial charge in [-0.2, -0.15) is 0 Å². The van der Waals surface area contributed by atoms with Gasteiger partial charge in [0, 0.05) is 33.9 Å². The maximum atomic E-state index is 9.00. The van der Waals surface area contributed by atoms with Crippen molar-refractivity contribution in [3.05, 3.63) is 0 Å². The zero-order valence-electron chi connectivity index (χ0n) is 9.11. The highest BCUT2D eigenvalue weighted by Gasteiger charge is 2.23. The largest absolute Gasteiger partial charge is 0.396 e. The number of aliphatic hydroxyl groups is 1. The van der Waals surface area contributed by atoms with Crippen molar-refractivity contribution in [1.82, 2.24) is 4.90 Å². The van der Waals surface area contributed by atoms with Gasteiger partial charge in [-0.05, 0) is 18.9 Å². The molecule has 1 N–H and O–H groups in total. The molecule has 2 atom stereocenters. The molecule has 1 heterocycles. The summed E-state index contributed by atoms with van der Waals surface area (Å²) in [6.45, 7) is 3.89. The lowest BCUT2D eigenvalue weighted by molar-refractivity contribution is 0.00910. The number of rotatable bonds is 6. The van der Waals surface area contributed by atoms with Crippen LogP contribution in [0, 0.1) is 5.92 Å². The van der Waals surface area contributed by atoms with E-state index in [1.807, 2.05) is 0 Å². The monoisotopic (exact) mass is 203 g/mol. The summed E-state index contributed by atoms with van der Waals surface area (Å²) in [4.78, 5) is 2.33. The first kappa shape index (κ1) is 11.9. The average Bonchev–Trinajstić information content (AvgIpc) is 2.65. The van der Waals surface area contributed by atoms with Crippen LogP contribution in [0.3, 0.4) is 0 Å². The predicted octanol–water partition coefficient (Wildman–Crippen LogP) is -0.0380. The predicted molar refractivity (Wildman–Crippen MR) is 54.3 cm³/mol. The summed E-state index contributed by atoms with van der Waals surface area (Å²) in [5.41, 5.74) is 0. The maximum absolute atomic E-state index is 9.00. The second-order valence-electron chi connectivity index (χ2n) is 3.91. The molecule has 1 rings (SSSR count). The van der Waals surface area contributed by atoms with Crippen LogP contribution in [0.2, 0.25) is 0 Å². The average molecular weight is 203 g/mol. The molecule has 1 aliphatic rings. The third-order valence-electron chi connectivity index (χ3n) is 2.78. The van der Waals surface area contributed by atoms with Crippen LogP contribution in [0.25, 0.3) is 0 Å². The summed E-state index contributed by atoms with van der Waals surface area (Å²) in [6, 6.07) is 0. The van der Waals surface area contributed by atoms with E-state index in [1.54, 1.807) is 14.2 Å². The molecule has 0 aromatic rings. The Labute approximate surface area is 85.8 Å². The van der Waals surface area contributed by atoms with Crippen LogP contribution in [-0.2, 0) is 9.47 Å². The number of hydrogen-bond acceptors (Lipinski definition) is 4. The maximum Gasteiger partial charge on any atom is 0.0931 e. The van der Waals surface area contributed by atoms with Crippen LogP contribution < -0.4 is 0 Å². The minimum absolute atomic E-state index is 0.150. The summed E-state index contributed by atoms with van der Waals surface area (Å²) >= 11 is 0. The molecule has 0 aliphatic carbocycles. The highest BCUT2D eigenvalue weighted by Crippen LogP contribution is 2.15. The molecule has 0 aromatic heterocycles. The lowest BCUT2D eigenvalue weighted by Crippen LogP contribution is -2.34. The van der Waals surface area contributed by atoms with E-state index < -0.39 is 0 Å². The van der Waals surface area contributed by atoms with E-state index in [2.05, 4.69) is 4.90 Å². The van der Waals surface area contributed by atoms with Crippen molar-refractivity contribution in [1.29, 1.82) is 0 Å². The van der Waals surface area contributed by atoms with Gasteiger partial charge in [0.25, 0.3) is 0 Å². The molecular formula is C10H21NO3. The molecule has 0 saturated carbocycles. The first-order valence-corrected chi connectivity index (χ1v) is 5.15. The lowest BCUT2D eigenvalue weighted by atomic mass is 10.1. The molecule has 1 aliphatic heterocycles. The van der Waals surface area contributed by atoms with Crippen LogP contribution in [-0.4, -0.2) is 63.2 Å². The van der Waals surface area contributed by atoms with Gasteiger partial charge in [0.2, 0.25) is 0 Å². The molecule has 14 heavy (non-hydrogen) atoms. The van der Waals surface area contributed by atoms with E-state index in [0.717, 1.165) is 26.1 Å². The summed E-state index contributed by atoms with van der Waals surface area (Å²) < 4.78 is 10.3. The van der Waals surface area contributed by atoms with Crippen molar-refractivity contribution >= 4 is 0 Å². The van der Waals surface area contributed by atoms with Crippen LogP contribution in [0.15, 0.2) is 0 Å². The topological polar surface area (TPSA) is 41.9 Å². The minimum atomic E-state index is 0.150. The summed E-state index contributed by atoms with van der Waals surface area (Å²) in [7, 11) is 3.40. The Bertz CT molecular complexity index is 154. The Morgan fingerprint density at radius 2 is 2.29 bits per heavy atom. The number of ether oxygens (including phenoxy) is 2. The third kappa shape index (κ3) is 3.53. The van der Waals surface area contributed by atoms with E-state index in [4.69, 9.17) is 14.6 Å². The summed E-state index contributed by atoms with van der Waals surface area (Å²) in [6.07, 6.45) is 1.25. The standard InChI is InChI=1S/C10H21NO3/c1-13-8-10(14-2)6-11-4-3-9(5-11)7-12/h9-10,12H,3-8H2,1-2H3. The molecule has 1 fully saturated rings. The van der Waals surface area contributed by atoms with Gasteiger partial charge < -0.3 is 19.5 Å². The van der Waals surface area contributed by atoms with E-state index in [1.165, 1.54) is 0 Å². The highest BCUT2D eigenvalue weighted by molar-refractivity contribution is 4.77. The smallest absolute Gasteiger partial charge is 0.0931 e. The zero-order valence-corrected chi connectivity index (χ0v) is 9.11. The van der Waals surface area contributed by atoms with Gasteiger partial charge in [-0.25, -0.2) is 0 Å². The molecule has 2 unspecified atom stereocenters. The number of methoxy groups -OCH3 is 2. The molecule has 0 radical (unpaired) electrons. The lowest BCUT2D eigenvalue weighted by Gasteiger charge is -2.21. The van der Waals surface area contributed by atoms with Gasteiger partial charge in [-0.3, -0.25) is 0 Å². The van der Waals surface area contributed by atoms with Gasteiger partial charge in [0.1, 0.15) is 0 Å². The fraction of sp³-hybridized carbons (Fsp3) is 1.00. The van der Waals surface area contributed by atoms with E-state index >= 15 is 0 Å². The molecular weight excluding hydrogens is 182 g/mol. The Balaban J connectivity index is 2.22. The van der Waals surface area contributed by atoms with Crippen molar-refractivity contribution < 1.29 is 14.6 Å². The Morgan fingerprint density at radius 1 is 1.50 bits per heavy atom. The molecule has 0 amide bonds. The highest BCUT2D eigenvalue weighted by atomic mass is 16.5.